The van der Waals surface area contributed by atoms with E-state index in [0.717, 1.165) is 0 Å². The molecule has 1 N–H and O–H groups in total. The van der Waals surface area contributed by atoms with Gasteiger partial charge in [-0.3, -0.25) is 4.79 Å². The molecule has 2 aromatic rings. The molecule has 1 aromatic carbocycles. The summed E-state index contributed by atoms with van der Waals surface area (Å²) in [4.78, 5) is 11.7. The molecule has 0 aliphatic heterocycles. The van der Waals surface area contributed by atoms with Gasteiger partial charge in [-0.15, -0.1) is 0 Å². The molecule has 18 heavy (non-hydrogen) atoms. The third-order valence-corrected chi connectivity index (χ3v) is 3.12. The molecule has 1 aromatic heterocycles. The van der Waals surface area contributed by atoms with Crippen molar-refractivity contribution in [2.45, 2.75) is 6.54 Å². The molecule has 0 aliphatic carbocycles. The summed E-state index contributed by atoms with van der Waals surface area (Å²) in [5.74, 6) is -0.293. The van der Waals surface area contributed by atoms with Crippen molar-refractivity contribution in [3.8, 4) is 0 Å². The smallest absolute Gasteiger partial charge is 0.264 e. The molecule has 0 saturated carbocycles. The van der Waals surface area contributed by atoms with Gasteiger partial charge in [-0.1, -0.05) is 12.1 Å². The summed E-state index contributed by atoms with van der Waals surface area (Å²) in [6.07, 6.45) is 1.70. The number of aromatic nitrogens is 1. The number of halogens is 2. The Bertz CT molecular complexity index is 598. The molecule has 1 heterocycles. The number of para-hydroxylation sites is 1. The first-order valence-corrected chi connectivity index (χ1v) is 6.31. The van der Waals surface area contributed by atoms with Crippen LogP contribution in [-0.4, -0.2) is 11.1 Å². The van der Waals surface area contributed by atoms with Gasteiger partial charge in [0.25, 0.3) is 5.56 Å². The van der Waals surface area contributed by atoms with Crippen LogP contribution < -0.4 is 10.9 Å². The molecule has 2 rings (SSSR count). The molecule has 5 heteroatoms. The van der Waals surface area contributed by atoms with Crippen LogP contribution in [0, 0.1) is 5.82 Å². The van der Waals surface area contributed by atoms with E-state index in [2.05, 4.69) is 21.2 Å². The molecular weight excluding hydrogens is 299 g/mol. The molecule has 0 radical (unpaired) electrons. The molecule has 0 aliphatic rings. The Morgan fingerprint density at radius 3 is 2.78 bits per heavy atom. The summed E-state index contributed by atoms with van der Waals surface area (Å²) in [6.45, 7) is 0.962. The molecule has 0 unspecified atom stereocenters. The van der Waals surface area contributed by atoms with Crippen molar-refractivity contribution in [3.05, 3.63) is 63.2 Å². The van der Waals surface area contributed by atoms with E-state index in [9.17, 15) is 9.18 Å². The second kappa shape index (κ2) is 5.82. The van der Waals surface area contributed by atoms with Gasteiger partial charge in [-0.25, -0.2) is 4.39 Å². The Labute approximate surface area is 112 Å². The largest absolute Gasteiger partial charge is 0.381 e. The topological polar surface area (TPSA) is 34.0 Å². The van der Waals surface area contributed by atoms with Gasteiger partial charge in [0, 0.05) is 19.3 Å². The maximum absolute atomic E-state index is 13.3. The maximum atomic E-state index is 13.3. The molecular formula is C13H12BrFN2O. The number of hydrogen-bond acceptors (Lipinski definition) is 2. The SMILES string of the molecule is O=c1c(Br)cccn1CCNc1ccccc1F. The highest BCUT2D eigenvalue weighted by atomic mass is 79.9. The number of benzene rings is 1. The van der Waals surface area contributed by atoms with Crippen molar-refractivity contribution in [3.63, 3.8) is 0 Å². The van der Waals surface area contributed by atoms with Crippen molar-refractivity contribution in [2.24, 2.45) is 0 Å². The third kappa shape index (κ3) is 2.98. The van der Waals surface area contributed by atoms with Crippen molar-refractivity contribution in [1.82, 2.24) is 4.57 Å². The van der Waals surface area contributed by atoms with E-state index < -0.39 is 0 Å². The average molecular weight is 311 g/mol. The first-order valence-electron chi connectivity index (χ1n) is 5.52. The monoisotopic (exact) mass is 310 g/mol. The van der Waals surface area contributed by atoms with Crippen LogP contribution in [0.4, 0.5) is 10.1 Å². The quantitative estimate of drug-likeness (QED) is 0.942. The van der Waals surface area contributed by atoms with Crippen LogP contribution in [0.25, 0.3) is 0 Å². The van der Waals surface area contributed by atoms with Crippen LogP contribution in [0.3, 0.4) is 0 Å². The highest BCUT2D eigenvalue weighted by Gasteiger charge is 2.01. The van der Waals surface area contributed by atoms with E-state index in [0.29, 0.717) is 23.2 Å². The summed E-state index contributed by atoms with van der Waals surface area (Å²) in [5.41, 5.74) is 0.355. The number of nitrogens with zero attached hydrogens (tertiary/aromatic N) is 1. The first kappa shape index (κ1) is 12.8. The van der Waals surface area contributed by atoms with Gasteiger partial charge in [0.2, 0.25) is 0 Å². The molecule has 3 nitrogen and oxygen atoms in total. The third-order valence-electron chi connectivity index (χ3n) is 2.52. The van der Waals surface area contributed by atoms with Crippen LogP contribution >= 0.6 is 15.9 Å². The van der Waals surface area contributed by atoms with Crippen LogP contribution in [0.5, 0.6) is 0 Å². The Morgan fingerprint density at radius 2 is 2.00 bits per heavy atom. The number of nitrogens with one attached hydrogen (secondary N) is 1. The first-order chi connectivity index (χ1) is 8.68. The number of anilines is 1. The molecule has 0 fully saturated rings. The van der Waals surface area contributed by atoms with Crippen molar-refractivity contribution in [1.29, 1.82) is 0 Å². The molecule has 0 saturated heterocycles. The molecule has 0 bridgehead atoms. The summed E-state index contributed by atoms with van der Waals surface area (Å²) >= 11 is 3.18. The fourth-order valence-corrected chi connectivity index (χ4v) is 1.98. The van der Waals surface area contributed by atoms with E-state index in [4.69, 9.17) is 0 Å². The average Bonchev–Trinajstić information content (AvgIpc) is 2.37. The lowest BCUT2D eigenvalue weighted by Gasteiger charge is -2.09. The molecule has 94 valence electrons. The van der Waals surface area contributed by atoms with E-state index in [1.165, 1.54) is 6.07 Å². The Hall–Kier alpha value is -1.62. The predicted molar refractivity (Wildman–Crippen MR) is 73.3 cm³/mol. The fourth-order valence-electron chi connectivity index (χ4n) is 1.60. The second-order valence-electron chi connectivity index (χ2n) is 3.76. The van der Waals surface area contributed by atoms with E-state index in [1.807, 2.05) is 0 Å². The summed E-state index contributed by atoms with van der Waals surface area (Å²) < 4.78 is 15.4. The van der Waals surface area contributed by atoms with Gasteiger partial charge in [0.1, 0.15) is 5.82 Å². The number of hydrogen-bond donors (Lipinski definition) is 1. The maximum Gasteiger partial charge on any atom is 0.264 e. The summed E-state index contributed by atoms with van der Waals surface area (Å²) in [7, 11) is 0. The minimum absolute atomic E-state index is 0.0900. The Kier molecular flexibility index (Phi) is 4.15. The zero-order valence-corrected chi connectivity index (χ0v) is 11.2. The van der Waals surface area contributed by atoms with Gasteiger partial charge in [-0.2, -0.15) is 0 Å². The zero-order valence-electron chi connectivity index (χ0n) is 9.57. The normalized spacial score (nSPS) is 10.3. The van der Waals surface area contributed by atoms with Gasteiger partial charge in [0.05, 0.1) is 10.2 Å². The highest BCUT2D eigenvalue weighted by molar-refractivity contribution is 9.10. The number of rotatable bonds is 4. The van der Waals surface area contributed by atoms with E-state index >= 15 is 0 Å². The van der Waals surface area contributed by atoms with Gasteiger partial charge in [-0.05, 0) is 40.2 Å². The number of pyridine rings is 1. The molecule has 0 spiro atoms. The minimum Gasteiger partial charge on any atom is -0.381 e. The Morgan fingerprint density at radius 1 is 1.22 bits per heavy atom. The molecule has 0 amide bonds. The lowest BCUT2D eigenvalue weighted by atomic mass is 10.3. The lowest BCUT2D eigenvalue weighted by Crippen LogP contribution is -2.23. The van der Waals surface area contributed by atoms with Crippen molar-refractivity contribution >= 4 is 21.6 Å². The fraction of sp³-hybridized carbons (Fsp3) is 0.154. The van der Waals surface area contributed by atoms with Gasteiger partial charge in [0.15, 0.2) is 0 Å². The van der Waals surface area contributed by atoms with Gasteiger partial charge < -0.3 is 9.88 Å². The summed E-state index contributed by atoms with van der Waals surface area (Å²) in [6, 6.07) is 9.94. The van der Waals surface area contributed by atoms with Gasteiger partial charge >= 0.3 is 0 Å². The van der Waals surface area contributed by atoms with Crippen LogP contribution in [-0.2, 0) is 6.54 Å². The highest BCUT2D eigenvalue weighted by Crippen LogP contribution is 2.11. The molecule has 0 atom stereocenters. The van der Waals surface area contributed by atoms with Crippen molar-refractivity contribution < 1.29 is 4.39 Å². The van der Waals surface area contributed by atoms with Crippen LogP contribution in [0.2, 0.25) is 0 Å². The minimum atomic E-state index is -0.293. The zero-order chi connectivity index (χ0) is 13.0. The van der Waals surface area contributed by atoms with Crippen LogP contribution in [0.15, 0.2) is 51.9 Å². The second-order valence-corrected chi connectivity index (χ2v) is 4.62. The Balaban J connectivity index is 1.99. The van der Waals surface area contributed by atoms with E-state index in [-0.39, 0.29) is 11.4 Å². The van der Waals surface area contributed by atoms with Crippen LogP contribution in [0.1, 0.15) is 0 Å². The summed E-state index contributed by atoms with van der Waals surface area (Å²) in [5, 5.41) is 2.96. The lowest BCUT2D eigenvalue weighted by molar-refractivity contribution is 0.626. The van der Waals surface area contributed by atoms with E-state index in [1.54, 1.807) is 41.1 Å². The van der Waals surface area contributed by atoms with Crippen molar-refractivity contribution in [2.75, 3.05) is 11.9 Å². The standard InChI is InChI=1S/C13H12BrFN2O/c14-10-4-3-8-17(13(10)18)9-7-16-12-6-2-1-5-11(12)15/h1-6,8,16H,7,9H2. The predicted octanol–water partition coefficient (Wildman–Crippen LogP) is 2.86.